The van der Waals surface area contributed by atoms with E-state index in [9.17, 15) is 34.8 Å². The molecule has 0 aromatic carbocycles. The fourth-order valence-corrected chi connectivity index (χ4v) is 7.81. The summed E-state index contributed by atoms with van der Waals surface area (Å²) in [4.78, 5) is 40.3. The standard InChI is InChI=1S/C28H38O12/c1-9-23(31)20-21(26(34)22-19(25(20)33)11(3)36-15-8-17(30)40-27(15)22)24(32)14-7-16(28(9,35)12(4)38-14)39-18-6-5-13(29)10(2)37-18/h9-16,18,20-21,23-24,27,29,31-32,35H,5-8H2,1-4H3/t9?,10-,11-,12?,13-,14?,15-,16?,18-,20?,21?,23?,24?,27+,28?/m0/s1. The minimum Gasteiger partial charge on any atom is -0.454 e. The van der Waals surface area contributed by atoms with Gasteiger partial charge in [0.05, 0.1) is 67.1 Å². The number of esters is 1. The number of ether oxygens (including phenoxy) is 5. The number of Topliss-reactive ketones (excluding diaryl/α,β-unsaturated/α-hetero) is 2. The Bertz CT molecular complexity index is 1120. The fraction of sp³-hybridized carbons (Fsp3) is 0.821. The maximum absolute atomic E-state index is 14.2. The van der Waals surface area contributed by atoms with E-state index in [1.807, 2.05) is 0 Å². The molecule has 15 atom stereocenters. The molecule has 40 heavy (non-hydrogen) atoms. The van der Waals surface area contributed by atoms with E-state index in [0.717, 1.165) is 0 Å². The Morgan fingerprint density at radius 3 is 2.23 bits per heavy atom. The summed E-state index contributed by atoms with van der Waals surface area (Å²) in [5, 5.41) is 45.6. The van der Waals surface area contributed by atoms with Crippen molar-refractivity contribution in [1.82, 2.24) is 0 Å². The molecule has 0 spiro atoms. The summed E-state index contributed by atoms with van der Waals surface area (Å²) in [7, 11) is 0. The van der Waals surface area contributed by atoms with Crippen molar-refractivity contribution in [3.05, 3.63) is 11.1 Å². The third-order valence-electron chi connectivity index (χ3n) is 10.1. The van der Waals surface area contributed by atoms with Crippen LogP contribution in [0.1, 0.15) is 53.4 Å². The largest absolute Gasteiger partial charge is 0.454 e. The Balaban J connectivity index is 1.39. The highest BCUT2D eigenvalue weighted by Crippen LogP contribution is 2.50. The molecule has 5 heterocycles. The van der Waals surface area contributed by atoms with Crippen molar-refractivity contribution in [1.29, 1.82) is 0 Å². The molecule has 222 valence electrons. The fourth-order valence-electron chi connectivity index (χ4n) is 7.81. The Labute approximate surface area is 231 Å². The number of carbonyl (C=O) groups is 3. The lowest BCUT2D eigenvalue weighted by Gasteiger charge is -2.51. The second-order valence-electron chi connectivity index (χ2n) is 12.3. The second kappa shape index (κ2) is 9.91. The SMILES string of the molecule is CC1OC2CC(O[C@H]3CC[C@H](O)[C@H](C)O3)C1(O)C(C)C(O)C1C(=O)C3=C(C(=O)C1C2O)[C@@H]1OC(=O)C[C@@H]1O[C@H]3C. The van der Waals surface area contributed by atoms with Gasteiger partial charge in [-0.05, 0) is 27.2 Å². The van der Waals surface area contributed by atoms with E-state index in [1.165, 1.54) is 0 Å². The van der Waals surface area contributed by atoms with Gasteiger partial charge in [0.15, 0.2) is 24.0 Å². The van der Waals surface area contributed by atoms with Crippen molar-refractivity contribution >= 4 is 17.5 Å². The van der Waals surface area contributed by atoms with Crippen LogP contribution < -0.4 is 0 Å². The van der Waals surface area contributed by atoms with Crippen molar-refractivity contribution in [2.45, 2.75) is 126 Å². The minimum absolute atomic E-state index is 0.0104. The van der Waals surface area contributed by atoms with Crippen LogP contribution in [0.4, 0.5) is 0 Å². The number of aliphatic hydroxyl groups excluding tert-OH is 3. The van der Waals surface area contributed by atoms with Gasteiger partial charge in [0.25, 0.3) is 0 Å². The number of hydrogen-bond donors (Lipinski definition) is 4. The zero-order chi connectivity index (χ0) is 28.8. The lowest BCUT2D eigenvalue weighted by molar-refractivity contribution is -0.316. The smallest absolute Gasteiger partial charge is 0.309 e. The van der Waals surface area contributed by atoms with Gasteiger partial charge in [-0.25, -0.2) is 0 Å². The average Bonchev–Trinajstić information content (AvgIpc) is 3.28. The molecule has 7 rings (SSSR count). The summed E-state index contributed by atoms with van der Waals surface area (Å²) < 4.78 is 29.4. The predicted molar refractivity (Wildman–Crippen MR) is 132 cm³/mol. The molecule has 5 fully saturated rings. The maximum atomic E-state index is 14.2. The molecule has 12 heteroatoms. The van der Waals surface area contributed by atoms with Crippen LogP contribution in [-0.2, 0) is 38.1 Å². The van der Waals surface area contributed by atoms with Crippen molar-refractivity contribution in [3.63, 3.8) is 0 Å². The van der Waals surface area contributed by atoms with Gasteiger partial charge in [0.1, 0.15) is 11.7 Å². The summed E-state index contributed by atoms with van der Waals surface area (Å²) in [5.74, 6) is -5.55. The monoisotopic (exact) mass is 566 g/mol. The summed E-state index contributed by atoms with van der Waals surface area (Å²) in [6.07, 6.45) is -9.84. The molecule has 0 aromatic heterocycles. The van der Waals surface area contributed by atoms with E-state index < -0.39 is 108 Å². The molecular weight excluding hydrogens is 528 g/mol. The number of aliphatic hydroxyl groups is 4. The van der Waals surface area contributed by atoms with E-state index in [0.29, 0.717) is 12.8 Å². The molecular formula is C28H38O12. The summed E-state index contributed by atoms with van der Waals surface area (Å²) in [6.45, 7) is 6.50. The molecule has 12 nitrogen and oxygen atoms in total. The predicted octanol–water partition coefficient (Wildman–Crippen LogP) is -0.679. The molecule has 0 amide bonds. The first-order chi connectivity index (χ1) is 18.8. The molecule has 4 saturated heterocycles. The maximum Gasteiger partial charge on any atom is 0.309 e. The van der Waals surface area contributed by atoms with Gasteiger partial charge in [-0.2, -0.15) is 0 Å². The van der Waals surface area contributed by atoms with Crippen LogP contribution in [0.5, 0.6) is 0 Å². The molecule has 4 N–H and O–H groups in total. The van der Waals surface area contributed by atoms with Crippen LogP contribution in [0.2, 0.25) is 0 Å². The first-order valence-electron chi connectivity index (χ1n) is 14.2. The number of hydrogen-bond acceptors (Lipinski definition) is 12. The lowest BCUT2D eigenvalue weighted by Crippen LogP contribution is -2.65. The van der Waals surface area contributed by atoms with E-state index in [2.05, 4.69) is 0 Å². The number of carbonyl (C=O) groups excluding carboxylic acids is 3. The highest BCUT2D eigenvalue weighted by Gasteiger charge is 2.65. The number of rotatable bonds is 2. The highest BCUT2D eigenvalue weighted by molar-refractivity contribution is 6.16. The van der Waals surface area contributed by atoms with Gasteiger partial charge in [0.2, 0.25) is 0 Å². The highest BCUT2D eigenvalue weighted by atomic mass is 16.7. The zero-order valence-corrected chi connectivity index (χ0v) is 23.0. The van der Waals surface area contributed by atoms with E-state index in [4.69, 9.17) is 23.7 Å². The van der Waals surface area contributed by atoms with Gasteiger partial charge in [-0.1, -0.05) is 6.92 Å². The van der Waals surface area contributed by atoms with E-state index >= 15 is 0 Å². The Kier molecular flexibility index (Phi) is 7.02. The van der Waals surface area contributed by atoms with Crippen LogP contribution in [0.15, 0.2) is 11.1 Å². The van der Waals surface area contributed by atoms with Gasteiger partial charge in [0, 0.05) is 29.9 Å². The summed E-state index contributed by atoms with van der Waals surface area (Å²) in [6, 6.07) is 0. The third-order valence-corrected chi connectivity index (χ3v) is 10.1. The molecule has 5 aliphatic heterocycles. The molecule has 9 unspecified atom stereocenters. The molecule has 0 radical (unpaired) electrons. The molecule has 7 aliphatic rings. The normalized spacial score (nSPS) is 52.8. The summed E-state index contributed by atoms with van der Waals surface area (Å²) in [5.41, 5.74) is -1.77. The van der Waals surface area contributed by atoms with Crippen LogP contribution in [0, 0.1) is 17.8 Å². The second-order valence-corrected chi connectivity index (χ2v) is 12.3. The first kappa shape index (κ1) is 28.4. The van der Waals surface area contributed by atoms with Gasteiger partial charge >= 0.3 is 5.97 Å². The molecule has 0 aromatic rings. The Morgan fingerprint density at radius 1 is 0.850 bits per heavy atom. The molecule has 1 saturated carbocycles. The van der Waals surface area contributed by atoms with Crippen molar-refractivity contribution in [2.75, 3.05) is 0 Å². The quantitative estimate of drug-likeness (QED) is 0.310. The minimum atomic E-state index is -1.81. The zero-order valence-electron chi connectivity index (χ0n) is 23.0. The van der Waals surface area contributed by atoms with Gasteiger partial charge in [-0.3, -0.25) is 14.4 Å². The molecule has 2 aliphatic carbocycles. The Morgan fingerprint density at radius 2 is 1.52 bits per heavy atom. The van der Waals surface area contributed by atoms with Crippen molar-refractivity contribution in [3.8, 4) is 0 Å². The van der Waals surface area contributed by atoms with E-state index in [1.54, 1.807) is 27.7 Å². The van der Waals surface area contributed by atoms with Crippen molar-refractivity contribution in [2.24, 2.45) is 17.8 Å². The van der Waals surface area contributed by atoms with E-state index in [-0.39, 0.29) is 24.0 Å². The lowest BCUT2D eigenvalue weighted by atomic mass is 9.63. The van der Waals surface area contributed by atoms with Crippen molar-refractivity contribution < 1.29 is 58.5 Å². The van der Waals surface area contributed by atoms with Gasteiger partial charge < -0.3 is 44.1 Å². The van der Waals surface area contributed by atoms with Gasteiger partial charge in [-0.15, -0.1) is 0 Å². The molecule has 2 bridgehead atoms. The van der Waals surface area contributed by atoms with Crippen LogP contribution in [0.3, 0.4) is 0 Å². The topological polar surface area (TPSA) is 178 Å². The first-order valence-corrected chi connectivity index (χ1v) is 14.2. The summed E-state index contributed by atoms with van der Waals surface area (Å²) >= 11 is 0. The number of ketones is 2. The van der Waals surface area contributed by atoms with Crippen LogP contribution >= 0.6 is 0 Å². The Hall–Kier alpha value is -1.77. The van der Waals surface area contributed by atoms with Crippen LogP contribution in [-0.4, -0.2) is 111 Å². The number of fused-ring (bicyclic) bond motifs is 5. The average molecular weight is 567 g/mol. The van der Waals surface area contributed by atoms with Crippen LogP contribution in [0.25, 0.3) is 0 Å². The third kappa shape index (κ3) is 4.06.